The Bertz CT molecular complexity index is 736. The fourth-order valence-electron chi connectivity index (χ4n) is 3.74. The molecule has 1 saturated carbocycles. The molecule has 2 aromatic carbocycles. The lowest BCUT2D eigenvalue weighted by Gasteiger charge is -2.29. The van der Waals surface area contributed by atoms with Gasteiger partial charge in [-0.1, -0.05) is 48.9 Å². The van der Waals surface area contributed by atoms with Gasteiger partial charge in [0.1, 0.15) is 11.5 Å². The van der Waals surface area contributed by atoms with Crippen LogP contribution in [0.15, 0.2) is 54.6 Å². The summed E-state index contributed by atoms with van der Waals surface area (Å²) in [4.78, 5) is 25.3. The van der Waals surface area contributed by atoms with Gasteiger partial charge in [0.25, 0.3) is 0 Å². The Labute approximate surface area is 149 Å². The van der Waals surface area contributed by atoms with Crippen molar-refractivity contribution in [3.05, 3.63) is 65.7 Å². The Hall–Kier alpha value is -2.42. The zero-order chi connectivity index (χ0) is 17.6. The number of benzene rings is 2. The molecular formula is C22H24O3. The monoisotopic (exact) mass is 336 g/mol. The molecule has 0 N–H and O–H groups in total. The average molecular weight is 336 g/mol. The van der Waals surface area contributed by atoms with Gasteiger partial charge >= 0.3 is 0 Å². The van der Waals surface area contributed by atoms with Crippen molar-refractivity contribution in [2.75, 3.05) is 7.11 Å². The highest BCUT2D eigenvalue weighted by Gasteiger charge is 2.33. The Morgan fingerprint density at radius 3 is 2.64 bits per heavy atom. The summed E-state index contributed by atoms with van der Waals surface area (Å²) in [5.41, 5.74) is 1.72. The van der Waals surface area contributed by atoms with Gasteiger partial charge in [0.05, 0.1) is 7.11 Å². The van der Waals surface area contributed by atoms with Crippen molar-refractivity contribution in [2.24, 2.45) is 5.92 Å². The molecule has 1 aliphatic rings. The van der Waals surface area contributed by atoms with E-state index in [-0.39, 0.29) is 17.6 Å². The lowest BCUT2D eigenvalue weighted by atomic mass is 9.73. The Balaban J connectivity index is 1.90. The highest BCUT2D eigenvalue weighted by Crippen LogP contribution is 2.38. The largest absolute Gasteiger partial charge is 0.497 e. The molecule has 1 fully saturated rings. The second-order valence-electron chi connectivity index (χ2n) is 6.70. The van der Waals surface area contributed by atoms with Gasteiger partial charge in [0.2, 0.25) is 0 Å². The van der Waals surface area contributed by atoms with Crippen LogP contribution in [0.5, 0.6) is 5.75 Å². The van der Waals surface area contributed by atoms with Gasteiger partial charge in [-0.3, -0.25) is 9.59 Å². The number of methoxy groups -OCH3 is 1. The summed E-state index contributed by atoms with van der Waals surface area (Å²) >= 11 is 0. The molecule has 0 aromatic heterocycles. The predicted octanol–water partition coefficient (Wildman–Crippen LogP) is 4.81. The van der Waals surface area contributed by atoms with E-state index in [1.807, 2.05) is 54.6 Å². The van der Waals surface area contributed by atoms with E-state index in [0.717, 1.165) is 30.6 Å². The van der Waals surface area contributed by atoms with Crippen LogP contribution in [0, 0.1) is 5.92 Å². The minimum atomic E-state index is -0.0874. The highest BCUT2D eigenvalue weighted by molar-refractivity contribution is 5.97. The average Bonchev–Trinajstić information content (AvgIpc) is 2.67. The third-order valence-electron chi connectivity index (χ3n) is 5.11. The first-order valence-electron chi connectivity index (χ1n) is 8.94. The second-order valence-corrected chi connectivity index (χ2v) is 6.70. The van der Waals surface area contributed by atoms with Gasteiger partial charge in [0.15, 0.2) is 5.78 Å². The molecule has 2 atom stereocenters. The van der Waals surface area contributed by atoms with Crippen LogP contribution in [0.1, 0.15) is 53.9 Å². The fraction of sp³-hybridized carbons (Fsp3) is 0.364. The number of ketones is 2. The molecule has 3 nitrogen and oxygen atoms in total. The van der Waals surface area contributed by atoms with Crippen molar-refractivity contribution in [2.45, 2.75) is 38.0 Å². The van der Waals surface area contributed by atoms with Crippen LogP contribution in [0.4, 0.5) is 0 Å². The summed E-state index contributed by atoms with van der Waals surface area (Å²) in [5, 5.41) is 0. The molecule has 0 heterocycles. The molecule has 0 spiro atoms. The van der Waals surface area contributed by atoms with Crippen molar-refractivity contribution in [1.29, 1.82) is 0 Å². The maximum Gasteiger partial charge on any atom is 0.163 e. The normalized spacial score (nSPS) is 18.6. The molecular weight excluding hydrogens is 312 g/mol. The number of hydrogen-bond acceptors (Lipinski definition) is 3. The van der Waals surface area contributed by atoms with Crippen molar-refractivity contribution < 1.29 is 14.3 Å². The number of hydrogen-bond donors (Lipinski definition) is 0. The van der Waals surface area contributed by atoms with E-state index in [1.54, 1.807) is 7.11 Å². The summed E-state index contributed by atoms with van der Waals surface area (Å²) in [6.07, 6.45) is 3.87. The Morgan fingerprint density at radius 2 is 1.92 bits per heavy atom. The van der Waals surface area contributed by atoms with E-state index in [0.29, 0.717) is 24.2 Å². The standard InChI is InChI=1S/C22H24O3/c1-25-18-11-7-10-17(14-18)20(19-12-5-6-13-21(19)23)15-22(24)16-8-3-2-4-9-16/h2-4,7-11,14,19-20H,5-6,12-13,15H2,1H3/t19-,20-/m1/s1. The van der Waals surface area contributed by atoms with E-state index < -0.39 is 0 Å². The maximum atomic E-state index is 12.8. The third kappa shape index (κ3) is 4.16. The van der Waals surface area contributed by atoms with E-state index in [2.05, 4.69) is 0 Å². The van der Waals surface area contributed by atoms with Gasteiger partial charge in [-0.2, -0.15) is 0 Å². The molecule has 0 amide bonds. The maximum absolute atomic E-state index is 12.8. The quantitative estimate of drug-likeness (QED) is 0.711. The second kappa shape index (κ2) is 8.11. The third-order valence-corrected chi connectivity index (χ3v) is 5.11. The fourth-order valence-corrected chi connectivity index (χ4v) is 3.74. The van der Waals surface area contributed by atoms with Crippen molar-refractivity contribution in [3.63, 3.8) is 0 Å². The zero-order valence-corrected chi connectivity index (χ0v) is 14.6. The van der Waals surface area contributed by atoms with Crippen LogP contribution in [0.25, 0.3) is 0 Å². The number of ether oxygens (including phenoxy) is 1. The van der Waals surface area contributed by atoms with Crippen molar-refractivity contribution in [3.8, 4) is 5.75 Å². The molecule has 0 aliphatic heterocycles. The van der Waals surface area contributed by atoms with Crippen LogP contribution >= 0.6 is 0 Å². The van der Waals surface area contributed by atoms with Gasteiger partial charge < -0.3 is 4.74 Å². The van der Waals surface area contributed by atoms with E-state index in [1.165, 1.54) is 0 Å². The van der Waals surface area contributed by atoms with Crippen molar-refractivity contribution >= 4 is 11.6 Å². The molecule has 0 bridgehead atoms. The van der Waals surface area contributed by atoms with Crippen molar-refractivity contribution in [1.82, 2.24) is 0 Å². The van der Waals surface area contributed by atoms with Crippen LogP contribution < -0.4 is 4.74 Å². The van der Waals surface area contributed by atoms with E-state index in [9.17, 15) is 9.59 Å². The van der Waals surface area contributed by atoms with Crippen LogP contribution in [-0.4, -0.2) is 18.7 Å². The lowest BCUT2D eigenvalue weighted by Crippen LogP contribution is -2.27. The topological polar surface area (TPSA) is 43.4 Å². The first-order valence-corrected chi connectivity index (χ1v) is 8.94. The SMILES string of the molecule is COc1cccc([C@@H](CC(=O)c2ccccc2)[C@H]2CCCCC2=O)c1. The lowest BCUT2D eigenvalue weighted by molar-refractivity contribution is -0.125. The number of rotatable bonds is 6. The summed E-state index contributed by atoms with van der Waals surface area (Å²) in [5.74, 6) is 0.980. The summed E-state index contributed by atoms with van der Waals surface area (Å²) < 4.78 is 5.34. The minimum Gasteiger partial charge on any atom is -0.497 e. The molecule has 0 saturated heterocycles. The number of carbonyl (C=O) groups is 2. The van der Waals surface area contributed by atoms with Crippen LogP contribution in [0.3, 0.4) is 0 Å². The first-order chi connectivity index (χ1) is 12.2. The highest BCUT2D eigenvalue weighted by atomic mass is 16.5. The van der Waals surface area contributed by atoms with Crippen LogP contribution in [0.2, 0.25) is 0 Å². The van der Waals surface area contributed by atoms with Gasteiger partial charge in [-0.15, -0.1) is 0 Å². The first kappa shape index (κ1) is 17.4. The predicted molar refractivity (Wildman–Crippen MR) is 98.1 cm³/mol. The molecule has 130 valence electrons. The van der Waals surface area contributed by atoms with Gasteiger partial charge in [0, 0.05) is 30.2 Å². The number of carbonyl (C=O) groups excluding carboxylic acids is 2. The van der Waals surface area contributed by atoms with Gasteiger partial charge in [-0.25, -0.2) is 0 Å². The Morgan fingerprint density at radius 1 is 1.12 bits per heavy atom. The molecule has 1 aliphatic carbocycles. The molecule has 2 aromatic rings. The minimum absolute atomic E-state index is 0.0754. The molecule has 25 heavy (non-hydrogen) atoms. The zero-order valence-electron chi connectivity index (χ0n) is 14.6. The smallest absolute Gasteiger partial charge is 0.163 e. The van der Waals surface area contributed by atoms with Gasteiger partial charge in [-0.05, 0) is 30.5 Å². The molecule has 3 rings (SSSR count). The molecule has 0 radical (unpaired) electrons. The summed E-state index contributed by atoms with van der Waals surface area (Å²) in [7, 11) is 1.63. The van der Waals surface area contributed by atoms with E-state index in [4.69, 9.17) is 4.74 Å². The number of Topliss-reactive ketones (excluding diaryl/α,β-unsaturated/α-hetero) is 2. The van der Waals surface area contributed by atoms with Crippen LogP contribution in [-0.2, 0) is 4.79 Å². The summed E-state index contributed by atoms with van der Waals surface area (Å²) in [6, 6.07) is 17.1. The molecule has 0 unspecified atom stereocenters. The Kier molecular flexibility index (Phi) is 5.64. The molecule has 3 heteroatoms. The summed E-state index contributed by atoms with van der Waals surface area (Å²) in [6.45, 7) is 0. The van der Waals surface area contributed by atoms with E-state index >= 15 is 0 Å².